The molecule has 0 aromatic heterocycles. The van der Waals surface area contributed by atoms with Gasteiger partial charge in [-0.25, -0.2) is 0 Å². The summed E-state index contributed by atoms with van der Waals surface area (Å²) in [4.78, 5) is 12.0. The lowest BCUT2D eigenvalue weighted by Gasteiger charge is -2.49. The number of carbonyl (C=O) groups excluding carboxylic acids is 1. The van der Waals surface area contributed by atoms with E-state index < -0.39 is 0 Å². The van der Waals surface area contributed by atoms with Crippen LogP contribution in [0.3, 0.4) is 0 Å². The van der Waals surface area contributed by atoms with Gasteiger partial charge >= 0.3 is 0 Å². The van der Waals surface area contributed by atoms with Crippen molar-refractivity contribution in [3.8, 4) is 5.75 Å². The van der Waals surface area contributed by atoms with Crippen LogP contribution >= 0.6 is 11.6 Å². The molecule has 1 aromatic carbocycles. The predicted molar refractivity (Wildman–Crippen MR) is 75.7 cm³/mol. The van der Waals surface area contributed by atoms with Gasteiger partial charge in [-0.05, 0) is 37.5 Å². The van der Waals surface area contributed by atoms with Gasteiger partial charge in [-0.15, -0.1) is 0 Å². The third-order valence-electron chi connectivity index (χ3n) is 4.64. The standard InChI is InChI=1S/C16H19ClO2/c1-11-5-6-13(12(17)9-11)19-15-10-14(18)16(15)7-3-2-4-8-16/h5-6,9,15H,2-4,7-8,10H2,1H3. The molecule has 1 aromatic rings. The van der Waals surface area contributed by atoms with Crippen molar-refractivity contribution in [1.29, 1.82) is 0 Å². The molecule has 2 aliphatic carbocycles. The SMILES string of the molecule is Cc1ccc(OC2CC(=O)C23CCCCC3)c(Cl)c1. The highest BCUT2D eigenvalue weighted by Crippen LogP contribution is 2.50. The molecule has 0 radical (unpaired) electrons. The van der Waals surface area contributed by atoms with Crippen LogP contribution in [0.2, 0.25) is 5.02 Å². The Morgan fingerprint density at radius 2 is 2.00 bits per heavy atom. The summed E-state index contributed by atoms with van der Waals surface area (Å²) in [6, 6.07) is 5.82. The lowest BCUT2D eigenvalue weighted by atomic mass is 9.57. The van der Waals surface area contributed by atoms with E-state index in [2.05, 4.69) is 0 Å². The monoisotopic (exact) mass is 278 g/mol. The average molecular weight is 279 g/mol. The topological polar surface area (TPSA) is 26.3 Å². The lowest BCUT2D eigenvalue weighted by molar-refractivity contribution is -0.156. The molecule has 0 bridgehead atoms. The molecule has 0 aliphatic heterocycles. The summed E-state index contributed by atoms with van der Waals surface area (Å²) in [6.07, 6.45) is 6.08. The van der Waals surface area contributed by atoms with E-state index in [9.17, 15) is 4.79 Å². The molecule has 2 aliphatic rings. The zero-order valence-electron chi connectivity index (χ0n) is 11.2. The first kappa shape index (κ1) is 13.0. The number of ether oxygens (including phenoxy) is 1. The van der Waals surface area contributed by atoms with E-state index in [1.165, 1.54) is 6.42 Å². The van der Waals surface area contributed by atoms with E-state index in [0.29, 0.717) is 17.2 Å². The molecule has 0 N–H and O–H groups in total. The molecule has 102 valence electrons. The summed E-state index contributed by atoms with van der Waals surface area (Å²) in [5.41, 5.74) is 0.918. The summed E-state index contributed by atoms with van der Waals surface area (Å²) in [6.45, 7) is 2.01. The number of Topliss-reactive ketones (excluding diaryl/α,β-unsaturated/α-hetero) is 1. The fraction of sp³-hybridized carbons (Fsp3) is 0.562. The molecule has 0 heterocycles. The Morgan fingerprint density at radius 3 is 2.63 bits per heavy atom. The van der Waals surface area contributed by atoms with Gasteiger partial charge in [-0.1, -0.05) is 36.9 Å². The van der Waals surface area contributed by atoms with Crippen LogP contribution in [0.1, 0.15) is 44.1 Å². The van der Waals surface area contributed by atoms with Gasteiger partial charge in [-0.2, -0.15) is 0 Å². The van der Waals surface area contributed by atoms with Crippen molar-refractivity contribution in [1.82, 2.24) is 0 Å². The largest absolute Gasteiger partial charge is 0.487 e. The Hall–Kier alpha value is -1.02. The first-order valence-corrected chi connectivity index (χ1v) is 7.46. The maximum atomic E-state index is 12.0. The van der Waals surface area contributed by atoms with Crippen molar-refractivity contribution in [3.05, 3.63) is 28.8 Å². The quantitative estimate of drug-likeness (QED) is 0.805. The summed E-state index contributed by atoms with van der Waals surface area (Å²) in [5, 5.41) is 0.644. The molecule has 0 saturated heterocycles. The number of rotatable bonds is 2. The Morgan fingerprint density at radius 1 is 1.26 bits per heavy atom. The molecule has 2 saturated carbocycles. The Labute approximate surface area is 119 Å². The number of hydrogen-bond donors (Lipinski definition) is 0. The van der Waals surface area contributed by atoms with Crippen molar-refractivity contribution < 1.29 is 9.53 Å². The lowest BCUT2D eigenvalue weighted by Crippen LogP contribution is -2.57. The summed E-state index contributed by atoms with van der Waals surface area (Å²) < 4.78 is 6.05. The minimum absolute atomic E-state index is 0.0282. The van der Waals surface area contributed by atoms with E-state index in [0.717, 1.165) is 37.0 Å². The first-order valence-electron chi connectivity index (χ1n) is 7.08. The van der Waals surface area contributed by atoms with Crippen molar-refractivity contribution >= 4 is 17.4 Å². The molecule has 19 heavy (non-hydrogen) atoms. The van der Waals surface area contributed by atoms with Crippen LogP contribution in [0.25, 0.3) is 0 Å². The minimum atomic E-state index is -0.202. The van der Waals surface area contributed by atoms with Gasteiger partial charge in [0.05, 0.1) is 10.4 Å². The van der Waals surface area contributed by atoms with E-state index in [-0.39, 0.29) is 11.5 Å². The second kappa shape index (κ2) is 4.82. The summed E-state index contributed by atoms with van der Waals surface area (Å²) in [7, 11) is 0. The predicted octanol–water partition coefficient (Wildman–Crippen LogP) is 4.32. The van der Waals surface area contributed by atoms with E-state index in [1.807, 2.05) is 25.1 Å². The van der Waals surface area contributed by atoms with Crippen LogP contribution in [0.15, 0.2) is 18.2 Å². The summed E-state index contributed by atoms with van der Waals surface area (Å²) >= 11 is 6.21. The molecule has 3 rings (SSSR count). The van der Waals surface area contributed by atoms with Crippen LogP contribution in [0, 0.1) is 12.3 Å². The second-order valence-corrected chi connectivity index (χ2v) is 6.29. The molecule has 1 unspecified atom stereocenters. The number of hydrogen-bond acceptors (Lipinski definition) is 2. The second-order valence-electron chi connectivity index (χ2n) is 5.88. The van der Waals surface area contributed by atoms with E-state index in [1.54, 1.807) is 0 Å². The maximum Gasteiger partial charge on any atom is 0.146 e. The van der Waals surface area contributed by atoms with Crippen molar-refractivity contribution in [2.75, 3.05) is 0 Å². The highest BCUT2D eigenvalue weighted by Gasteiger charge is 2.56. The third kappa shape index (κ3) is 2.16. The number of benzene rings is 1. The average Bonchev–Trinajstić information content (AvgIpc) is 2.42. The molecule has 2 fully saturated rings. The Balaban J connectivity index is 1.78. The Bertz CT molecular complexity index is 503. The van der Waals surface area contributed by atoms with Gasteiger partial charge in [0, 0.05) is 6.42 Å². The maximum absolute atomic E-state index is 12.0. The smallest absolute Gasteiger partial charge is 0.146 e. The zero-order valence-corrected chi connectivity index (χ0v) is 12.0. The molecule has 3 heteroatoms. The van der Waals surface area contributed by atoms with Gasteiger partial charge in [0.15, 0.2) is 0 Å². The van der Waals surface area contributed by atoms with Crippen molar-refractivity contribution in [2.24, 2.45) is 5.41 Å². The molecule has 1 spiro atoms. The van der Waals surface area contributed by atoms with Crippen LogP contribution in [0.4, 0.5) is 0 Å². The molecule has 2 nitrogen and oxygen atoms in total. The van der Waals surface area contributed by atoms with Gasteiger partial charge < -0.3 is 4.74 Å². The number of ketones is 1. The van der Waals surface area contributed by atoms with Crippen LogP contribution in [-0.4, -0.2) is 11.9 Å². The molecule has 1 atom stereocenters. The molecule has 0 amide bonds. The first-order chi connectivity index (χ1) is 9.12. The van der Waals surface area contributed by atoms with Crippen molar-refractivity contribution in [3.63, 3.8) is 0 Å². The normalized spacial score (nSPS) is 25.2. The van der Waals surface area contributed by atoms with Crippen LogP contribution in [-0.2, 0) is 4.79 Å². The highest BCUT2D eigenvalue weighted by molar-refractivity contribution is 6.32. The van der Waals surface area contributed by atoms with Gasteiger partial charge in [0.1, 0.15) is 17.6 Å². The van der Waals surface area contributed by atoms with Gasteiger partial charge in [0.2, 0.25) is 0 Å². The van der Waals surface area contributed by atoms with E-state index >= 15 is 0 Å². The molecular weight excluding hydrogens is 260 g/mol. The zero-order chi connectivity index (χ0) is 13.5. The van der Waals surface area contributed by atoms with Crippen LogP contribution < -0.4 is 4.74 Å². The highest BCUT2D eigenvalue weighted by atomic mass is 35.5. The van der Waals surface area contributed by atoms with Gasteiger partial charge in [-0.3, -0.25) is 4.79 Å². The van der Waals surface area contributed by atoms with E-state index in [4.69, 9.17) is 16.3 Å². The fourth-order valence-electron chi connectivity index (χ4n) is 3.41. The van der Waals surface area contributed by atoms with Crippen LogP contribution in [0.5, 0.6) is 5.75 Å². The fourth-order valence-corrected chi connectivity index (χ4v) is 3.69. The third-order valence-corrected chi connectivity index (χ3v) is 4.94. The summed E-state index contributed by atoms with van der Waals surface area (Å²) in [5.74, 6) is 1.11. The number of carbonyl (C=O) groups is 1. The number of halogens is 1. The number of aryl methyl sites for hydroxylation is 1. The van der Waals surface area contributed by atoms with Crippen molar-refractivity contribution in [2.45, 2.75) is 51.6 Å². The van der Waals surface area contributed by atoms with Gasteiger partial charge in [0.25, 0.3) is 0 Å². The molecular formula is C16H19ClO2. The Kier molecular flexibility index (Phi) is 3.30. The minimum Gasteiger partial charge on any atom is -0.487 e.